The fraction of sp³-hybridized carbons (Fsp3) is 0.417. The maximum absolute atomic E-state index is 13.4. The number of benzene rings is 2. The average Bonchev–Trinajstić information content (AvgIpc) is 3.21. The van der Waals surface area contributed by atoms with E-state index in [1.54, 1.807) is 11.3 Å². The SMILES string of the molecule is Cc1ccc(C(=O)N(CCCN2CCOCC2)c2nc3c(C)ccc(C)c3s2)cc1. The lowest BCUT2D eigenvalue weighted by Crippen LogP contribution is -2.39. The summed E-state index contributed by atoms with van der Waals surface area (Å²) < 4.78 is 6.61. The molecule has 6 heteroatoms. The van der Waals surface area contributed by atoms with Crippen molar-refractivity contribution in [3.05, 3.63) is 58.7 Å². The van der Waals surface area contributed by atoms with Crippen molar-refractivity contribution < 1.29 is 9.53 Å². The zero-order valence-corrected chi connectivity index (χ0v) is 18.8. The third-order valence-electron chi connectivity index (χ3n) is 5.67. The van der Waals surface area contributed by atoms with Crippen LogP contribution in [-0.4, -0.2) is 55.2 Å². The number of anilines is 1. The lowest BCUT2D eigenvalue weighted by atomic mass is 10.1. The molecule has 3 aromatic rings. The monoisotopic (exact) mass is 423 g/mol. The van der Waals surface area contributed by atoms with Crippen molar-refractivity contribution in [1.29, 1.82) is 0 Å². The lowest BCUT2D eigenvalue weighted by molar-refractivity contribution is 0.0376. The number of carbonyl (C=O) groups excluding carboxylic acids is 1. The third-order valence-corrected chi connectivity index (χ3v) is 6.88. The van der Waals surface area contributed by atoms with Crippen molar-refractivity contribution in [2.24, 2.45) is 0 Å². The molecule has 1 aromatic heterocycles. The second-order valence-electron chi connectivity index (χ2n) is 8.00. The van der Waals surface area contributed by atoms with Crippen LogP contribution in [0.4, 0.5) is 5.13 Å². The van der Waals surface area contributed by atoms with Gasteiger partial charge in [-0.25, -0.2) is 4.98 Å². The molecule has 5 nitrogen and oxygen atoms in total. The minimum atomic E-state index is 0.0198. The molecule has 2 heterocycles. The molecule has 1 aliphatic rings. The van der Waals surface area contributed by atoms with Gasteiger partial charge in [0, 0.05) is 31.7 Å². The highest BCUT2D eigenvalue weighted by molar-refractivity contribution is 7.22. The Bertz CT molecular complexity index is 984. The number of nitrogens with zero attached hydrogens (tertiary/aromatic N) is 3. The van der Waals surface area contributed by atoms with E-state index < -0.39 is 0 Å². The molecule has 0 saturated carbocycles. The number of aromatic nitrogens is 1. The van der Waals surface area contributed by atoms with Gasteiger partial charge in [-0.05, 0) is 50.5 Å². The first-order chi connectivity index (χ1) is 14.5. The Labute approximate surface area is 182 Å². The van der Waals surface area contributed by atoms with Crippen molar-refractivity contribution >= 4 is 32.6 Å². The summed E-state index contributed by atoms with van der Waals surface area (Å²) in [6.07, 6.45) is 0.908. The summed E-state index contributed by atoms with van der Waals surface area (Å²) in [6.45, 7) is 11.4. The number of hydrogen-bond donors (Lipinski definition) is 0. The summed E-state index contributed by atoms with van der Waals surface area (Å²) in [4.78, 5) is 22.6. The van der Waals surface area contributed by atoms with E-state index in [1.807, 2.05) is 36.1 Å². The van der Waals surface area contributed by atoms with Crippen molar-refractivity contribution in [3.63, 3.8) is 0 Å². The number of fused-ring (bicyclic) bond motifs is 1. The van der Waals surface area contributed by atoms with Crippen LogP contribution in [0, 0.1) is 20.8 Å². The van der Waals surface area contributed by atoms with Crippen molar-refractivity contribution in [2.45, 2.75) is 27.2 Å². The fourth-order valence-corrected chi connectivity index (χ4v) is 4.91. The predicted octanol–water partition coefficient (Wildman–Crippen LogP) is 4.59. The maximum atomic E-state index is 13.4. The topological polar surface area (TPSA) is 45.7 Å². The molecule has 0 unspecified atom stereocenters. The van der Waals surface area contributed by atoms with Crippen LogP contribution in [0.25, 0.3) is 10.2 Å². The molecule has 2 aromatic carbocycles. The van der Waals surface area contributed by atoms with E-state index >= 15 is 0 Å². The lowest BCUT2D eigenvalue weighted by Gasteiger charge is -2.27. The summed E-state index contributed by atoms with van der Waals surface area (Å²) in [5.74, 6) is 0.0198. The molecule has 1 aliphatic heterocycles. The minimum Gasteiger partial charge on any atom is -0.379 e. The Morgan fingerprint density at radius 3 is 2.47 bits per heavy atom. The maximum Gasteiger partial charge on any atom is 0.260 e. The van der Waals surface area contributed by atoms with Gasteiger partial charge in [0.05, 0.1) is 23.4 Å². The molecule has 0 spiro atoms. The van der Waals surface area contributed by atoms with Crippen LogP contribution in [-0.2, 0) is 4.74 Å². The zero-order valence-electron chi connectivity index (χ0n) is 18.0. The summed E-state index contributed by atoms with van der Waals surface area (Å²) in [7, 11) is 0. The van der Waals surface area contributed by atoms with Crippen LogP contribution in [0.3, 0.4) is 0 Å². The number of morpholine rings is 1. The highest BCUT2D eigenvalue weighted by atomic mass is 32.1. The van der Waals surface area contributed by atoms with Gasteiger partial charge in [-0.15, -0.1) is 0 Å². The molecule has 0 N–H and O–H groups in total. The summed E-state index contributed by atoms with van der Waals surface area (Å²) in [5.41, 5.74) is 5.21. The van der Waals surface area contributed by atoms with Crippen molar-refractivity contribution in [1.82, 2.24) is 9.88 Å². The van der Waals surface area contributed by atoms with Gasteiger partial charge in [0.25, 0.3) is 5.91 Å². The summed E-state index contributed by atoms with van der Waals surface area (Å²) >= 11 is 1.62. The van der Waals surface area contributed by atoms with Gasteiger partial charge in [-0.2, -0.15) is 0 Å². The van der Waals surface area contributed by atoms with Crippen LogP contribution in [0.5, 0.6) is 0 Å². The quantitative estimate of drug-likeness (QED) is 0.582. The Morgan fingerprint density at radius 2 is 1.77 bits per heavy atom. The first-order valence-electron chi connectivity index (χ1n) is 10.6. The Hall–Kier alpha value is -2.28. The van der Waals surface area contributed by atoms with Gasteiger partial charge in [0.15, 0.2) is 5.13 Å². The molecule has 1 saturated heterocycles. The van der Waals surface area contributed by atoms with Gasteiger partial charge < -0.3 is 4.74 Å². The van der Waals surface area contributed by atoms with Gasteiger partial charge in [0.1, 0.15) is 0 Å². The van der Waals surface area contributed by atoms with Gasteiger partial charge >= 0.3 is 0 Å². The van der Waals surface area contributed by atoms with E-state index in [2.05, 4.69) is 30.9 Å². The Kier molecular flexibility index (Phi) is 6.46. The van der Waals surface area contributed by atoms with E-state index in [-0.39, 0.29) is 5.91 Å². The highest BCUT2D eigenvalue weighted by Crippen LogP contribution is 2.33. The van der Waals surface area contributed by atoms with Crippen LogP contribution in [0.1, 0.15) is 33.5 Å². The smallest absolute Gasteiger partial charge is 0.260 e. The fourth-order valence-electron chi connectivity index (χ4n) is 3.78. The van der Waals surface area contributed by atoms with Crippen molar-refractivity contribution in [2.75, 3.05) is 44.3 Å². The number of hydrogen-bond acceptors (Lipinski definition) is 5. The van der Waals surface area contributed by atoms with Crippen LogP contribution in [0.2, 0.25) is 0 Å². The van der Waals surface area contributed by atoms with Crippen LogP contribution < -0.4 is 4.90 Å². The van der Waals surface area contributed by atoms with Gasteiger partial charge in [-0.1, -0.05) is 41.2 Å². The van der Waals surface area contributed by atoms with Gasteiger partial charge in [0.2, 0.25) is 0 Å². The van der Waals surface area contributed by atoms with E-state index in [0.29, 0.717) is 12.1 Å². The summed E-state index contributed by atoms with van der Waals surface area (Å²) in [5, 5.41) is 0.787. The molecule has 158 valence electrons. The zero-order chi connectivity index (χ0) is 21.1. The molecule has 0 aliphatic carbocycles. The molecular weight excluding hydrogens is 394 g/mol. The molecule has 0 bridgehead atoms. The van der Waals surface area contributed by atoms with Gasteiger partial charge in [-0.3, -0.25) is 14.6 Å². The standard InChI is InChI=1S/C24H29N3O2S/c1-17-5-9-20(10-6-17)23(28)27(12-4-11-26-13-15-29-16-14-26)24-25-21-18(2)7-8-19(3)22(21)30-24/h5-10H,4,11-16H2,1-3H3. The van der Waals surface area contributed by atoms with E-state index in [9.17, 15) is 4.79 Å². The normalized spacial score (nSPS) is 14.9. The number of thiazole rings is 1. The molecule has 1 amide bonds. The number of carbonyl (C=O) groups is 1. The second kappa shape index (κ2) is 9.25. The average molecular weight is 424 g/mol. The van der Waals surface area contributed by atoms with Crippen molar-refractivity contribution in [3.8, 4) is 0 Å². The number of ether oxygens (including phenoxy) is 1. The Balaban J connectivity index is 1.60. The molecule has 1 fully saturated rings. The number of rotatable bonds is 6. The van der Waals surface area contributed by atoms with E-state index in [0.717, 1.165) is 61.0 Å². The first-order valence-corrected chi connectivity index (χ1v) is 11.4. The minimum absolute atomic E-state index is 0.0198. The van der Waals surface area contributed by atoms with Crippen LogP contribution >= 0.6 is 11.3 Å². The summed E-state index contributed by atoms with van der Waals surface area (Å²) in [6, 6.07) is 12.0. The van der Waals surface area contributed by atoms with E-state index in [4.69, 9.17) is 9.72 Å². The molecule has 30 heavy (non-hydrogen) atoms. The second-order valence-corrected chi connectivity index (χ2v) is 8.98. The van der Waals surface area contributed by atoms with E-state index in [1.165, 1.54) is 10.3 Å². The molecule has 4 rings (SSSR count). The third kappa shape index (κ3) is 4.56. The number of aryl methyl sites for hydroxylation is 3. The molecular formula is C24H29N3O2S. The molecule has 0 atom stereocenters. The Morgan fingerprint density at radius 1 is 1.07 bits per heavy atom. The highest BCUT2D eigenvalue weighted by Gasteiger charge is 2.22. The predicted molar refractivity (Wildman–Crippen MR) is 124 cm³/mol. The number of amides is 1. The van der Waals surface area contributed by atoms with Crippen LogP contribution in [0.15, 0.2) is 36.4 Å². The largest absolute Gasteiger partial charge is 0.379 e. The first kappa shape index (κ1) is 21.0. The molecule has 0 radical (unpaired) electrons.